The first-order valence-electron chi connectivity index (χ1n) is 10.5. The predicted octanol–water partition coefficient (Wildman–Crippen LogP) is 4.74. The molecule has 1 heterocycles. The monoisotopic (exact) mass is 430 g/mol. The molecule has 3 aromatic rings. The molecule has 2 amide bonds. The lowest BCUT2D eigenvalue weighted by molar-refractivity contribution is -0.128. The van der Waals surface area contributed by atoms with Gasteiger partial charge in [-0.1, -0.05) is 66.7 Å². The van der Waals surface area contributed by atoms with Crippen molar-refractivity contribution in [1.82, 2.24) is 10.2 Å². The van der Waals surface area contributed by atoms with E-state index in [0.717, 1.165) is 23.1 Å². The fourth-order valence-corrected chi connectivity index (χ4v) is 4.97. The highest BCUT2D eigenvalue weighted by molar-refractivity contribution is 8.00. The highest BCUT2D eigenvalue weighted by Crippen LogP contribution is 2.38. The normalized spacial score (nSPS) is 15.8. The number of nitrogens with zero attached hydrogens (tertiary/aromatic N) is 1. The zero-order valence-corrected chi connectivity index (χ0v) is 18.4. The average molecular weight is 431 g/mol. The summed E-state index contributed by atoms with van der Waals surface area (Å²) in [5.74, 6) is 0.579. The van der Waals surface area contributed by atoms with Crippen LogP contribution >= 0.6 is 11.8 Å². The van der Waals surface area contributed by atoms with Gasteiger partial charge in [0.2, 0.25) is 5.91 Å². The molecular weight excluding hydrogens is 404 g/mol. The highest BCUT2D eigenvalue weighted by atomic mass is 32.2. The zero-order chi connectivity index (χ0) is 21.6. The minimum Gasteiger partial charge on any atom is -0.348 e. The average Bonchev–Trinajstić information content (AvgIpc) is 3.18. The largest absolute Gasteiger partial charge is 0.348 e. The van der Waals surface area contributed by atoms with Crippen molar-refractivity contribution in [3.8, 4) is 0 Å². The van der Waals surface area contributed by atoms with E-state index >= 15 is 0 Å². The molecular formula is C26H26N2O2S. The van der Waals surface area contributed by atoms with Crippen LogP contribution in [-0.4, -0.2) is 29.0 Å². The Morgan fingerprint density at radius 3 is 2.45 bits per heavy atom. The van der Waals surface area contributed by atoms with Crippen molar-refractivity contribution in [2.24, 2.45) is 0 Å². The third-order valence-electron chi connectivity index (χ3n) is 5.61. The molecule has 0 aliphatic carbocycles. The Kier molecular flexibility index (Phi) is 6.73. The van der Waals surface area contributed by atoms with Crippen LogP contribution in [0.2, 0.25) is 0 Å². The molecule has 0 aromatic heterocycles. The molecule has 1 fully saturated rings. The van der Waals surface area contributed by atoms with Crippen LogP contribution in [0.4, 0.5) is 0 Å². The first-order chi connectivity index (χ1) is 15.1. The number of carbonyl (C=O) groups is 2. The van der Waals surface area contributed by atoms with Crippen LogP contribution in [0, 0.1) is 6.92 Å². The van der Waals surface area contributed by atoms with E-state index in [0.29, 0.717) is 24.4 Å². The van der Waals surface area contributed by atoms with Crippen LogP contribution in [0.1, 0.15) is 38.0 Å². The number of carbonyl (C=O) groups excluding carboxylic acids is 2. The van der Waals surface area contributed by atoms with E-state index in [1.54, 1.807) is 11.8 Å². The standard InChI is InChI=1S/C26H26N2O2S/c1-19-7-5-6-10-23(19)17-27-25(30)21-11-13-22(14-12-21)26-28(24(29)18-31-26)16-15-20-8-3-2-4-9-20/h2-14,26H,15-18H2,1H3,(H,27,30). The summed E-state index contributed by atoms with van der Waals surface area (Å²) in [7, 11) is 0. The Labute approximate surface area is 187 Å². The Balaban J connectivity index is 1.38. The van der Waals surface area contributed by atoms with Crippen molar-refractivity contribution in [2.45, 2.75) is 25.3 Å². The van der Waals surface area contributed by atoms with Crippen LogP contribution in [0.15, 0.2) is 78.9 Å². The van der Waals surface area contributed by atoms with E-state index in [-0.39, 0.29) is 17.2 Å². The molecule has 1 N–H and O–H groups in total. The van der Waals surface area contributed by atoms with Crippen molar-refractivity contribution < 1.29 is 9.59 Å². The van der Waals surface area contributed by atoms with Gasteiger partial charge < -0.3 is 10.2 Å². The smallest absolute Gasteiger partial charge is 0.251 e. The summed E-state index contributed by atoms with van der Waals surface area (Å²) < 4.78 is 0. The van der Waals surface area contributed by atoms with E-state index in [1.807, 2.05) is 78.6 Å². The number of hydrogen-bond acceptors (Lipinski definition) is 3. The lowest BCUT2D eigenvalue weighted by atomic mass is 10.1. The molecule has 0 saturated carbocycles. The molecule has 3 aromatic carbocycles. The number of thioether (sulfide) groups is 1. The van der Waals surface area contributed by atoms with Gasteiger partial charge in [0.25, 0.3) is 5.91 Å². The third kappa shape index (κ3) is 5.17. The summed E-state index contributed by atoms with van der Waals surface area (Å²) in [6, 6.07) is 25.9. The van der Waals surface area contributed by atoms with E-state index in [2.05, 4.69) is 17.4 Å². The predicted molar refractivity (Wildman–Crippen MR) is 126 cm³/mol. The number of nitrogens with one attached hydrogen (secondary N) is 1. The van der Waals surface area contributed by atoms with Gasteiger partial charge >= 0.3 is 0 Å². The van der Waals surface area contributed by atoms with Crippen LogP contribution in [-0.2, 0) is 17.8 Å². The molecule has 0 spiro atoms. The molecule has 1 saturated heterocycles. The number of amides is 2. The van der Waals surface area contributed by atoms with Crippen LogP contribution < -0.4 is 5.32 Å². The van der Waals surface area contributed by atoms with Crippen molar-refractivity contribution in [2.75, 3.05) is 12.3 Å². The summed E-state index contributed by atoms with van der Waals surface area (Å²) in [5.41, 5.74) is 5.19. The van der Waals surface area contributed by atoms with Crippen LogP contribution in [0.25, 0.3) is 0 Å². The van der Waals surface area contributed by atoms with Gasteiger partial charge in [-0.05, 0) is 47.7 Å². The van der Waals surface area contributed by atoms with E-state index in [4.69, 9.17) is 0 Å². The maximum Gasteiger partial charge on any atom is 0.251 e. The molecule has 158 valence electrons. The molecule has 1 aliphatic rings. The van der Waals surface area contributed by atoms with Crippen molar-refractivity contribution in [3.05, 3.63) is 107 Å². The number of rotatable bonds is 7. The van der Waals surface area contributed by atoms with Crippen molar-refractivity contribution in [1.29, 1.82) is 0 Å². The zero-order valence-electron chi connectivity index (χ0n) is 17.6. The SMILES string of the molecule is Cc1ccccc1CNC(=O)c1ccc(C2SCC(=O)N2CCc2ccccc2)cc1. The van der Waals surface area contributed by atoms with Gasteiger partial charge in [-0.3, -0.25) is 9.59 Å². The van der Waals surface area contributed by atoms with Gasteiger partial charge in [0.05, 0.1) is 5.75 Å². The third-order valence-corrected chi connectivity index (χ3v) is 6.87. The summed E-state index contributed by atoms with van der Waals surface area (Å²) >= 11 is 1.65. The molecule has 1 atom stereocenters. The molecule has 4 nitrogen and oxygen atoms in total. The van der Waals surface area contributed by atoms with E-state index in [9.17, 15) is 9.59 Å². The van der Waals surface area contributed by atoms with Crippen LogP contribution in [0.5, 0.6) is 0 Å². The van der Waals surface area contributed by atoms with Gasteiger partial charge in [0.1, 0.15) is 5.37 Å². The second-order valence-electron chi connectivity index (χ2n) is 7.72. The Morgan fingerprint density at radius 1 is 1.00 bits per heavy atom. The summed E-state index contributed by atoms with van der Waals surface area (Å²) in [6.07, 6.45) is 0.836. The number of aryl methyl sites for hydroxylation is 1. The topological polar surface area (TPSA) is 49.4 Å². The van der Waals surface area contributed by atoms with E-state index in [1.165, 1.54) is 5.56 Å². The van der Waals surface area contributed by atoms with Gasteiger partial charge in [0, 0.05) is 18.7 Å². The molecule has 1 aliphatic heterocycles. The second-order valence-corrected chi connectivity index (χ2v) is 8.79. The van der Waals surface area contributed by atoms with Crippen molar-refractivity contribution in [3.63, 3.8) is 0 Å². The first-order valence-corrected chi connectivity index (χ1v) is 11.5. The van der Waals surface area contributed by atoms with Crippen LogP contribution in [0.3, 0.4) is 0 Å². The highest BCUT2D eigenvalue weighted by Gasteiger charge is 2.32. The Bertz CT molecular complexity index is 1050. The van der Waals surface area contributed by atoms with Gasteiger partial charge in [-0.15, -0.1) is 11.8 Å². The van der Waals surface area contributed by atoms with Gasteiger partial charge in [-0.25, -0.2) is 0 Å². The summed E-state index contributed by atoms with van der Waals surface area (Å²) in [6.45, 7) is 3.24. The lowest BCUT2D eigenvalue weighted by Gasteiger charge is -2.24. The fraction of sp³-hybridized carbons (Fsp3) is 0.231. The molecule has 4 rings (SSSR count). The van der Waals surface area contributed by atoms with Crippen molar-refractivity contribution >= 4 is 23.6 Å². The molecule has 31 heavy (non-hydrogen) atoms. The minimum atomic E-state index is -0.0918. The fourth-order valence-electron chi connectivity index (χ4n) is 3.75. The van der Waals surface area contributed by atoms with E-state index < -0.39 is 0 Å². The van der Waals surface area contributed by atoms with Gasteiger partial charge in [-0.2, -0.15) is 0 Å². The first kappa shape index (κ1) is 21.2. The lowest BCUT2D eigenvalue weighted by Crippen LogP contribution is -2.30. The maximum absolute atomic E-state index is 12.6. The molecule has 0 bridgehead atoms. The number of benzene rings is 3. The number of hydrogen-bond donors (Lipinski definition) is 1. The van der Waals surface area contributed by atoms with Gasteiger partial charge in [0.15, 0.2) is 0 Å². The summed E-state index contributed by atoms with van der Waals surface area (Å²) in [5, 5.41) is 2.99. The molecule has 1 unspecified atom stereocenters. The Hall–Kier alpha value is -3.05. The molecule has 0 radical (unpaired) electrons. The summed E-state index contributed by atoms with van der Waals surface area (Å²) in [4.78, 5) is 26.9. The minimum absolute atomic E-state index is 0.000270. The quantitative estimate of drug-likeness (QED) is 0.589. The second kappa shape index (κ2) is 9.84. The Morgan fingerprint density at radius 2 is 1.71 bits per heavy atom. The maximum atomic E-state index is 12.6. The molecule has 5 heteroatoms.